The molecule has 3 rings (SSSR count). The van der Waals surface area contributed by atoms with Crippen LogP contribution in [0.25, 0.3) is 0 Å². The van der Waals surface area contributed by atoms with Crippen LogP contribution in [0.15, 0.2) is 42.5 Å². The van der Waals surface area contributed by atoms with Crippen LogP contribution in [0.4, 0.5) is 0 Å². The molecular weight excluding hydrogens is 402 g/mol. The summed E-state index contributed by atoms with van der Waals surface area (Å²) >= 11 is 6.38. The van der Waals surface area contributed by atoms with Crippen LogP contribution >= 0.6 is 11.6 Å². The largest absolute Gasteiger partial charge is 0.508 e. The van der Waals surface area contributed by atoms with Crippen LogP contribution in [0.2, 0.25) is 5.02 Å². The average molecular weight is 432 g/mol. The van der Waals surface area contributed by atoms with Gasteiger partial charge < -0.3 is 20.1 Å². The molecule has 1 fully saturated rings. The highest BCUT2D eigenvalue weighted by molar-refractivity contribution is 6.32. The molecular formula is C23H30ClN3O3. The van der Waals surface area contributed by atoms with Crippen molar-refractivity contribution in [2.24, 2.45) is 0 Å². The summed E-state index contributed by atoms with van der Waals surface area (Å²) in [6.07, 6.45) is 1.86. The first-order valence-electron chi connectivity index (χ1n) is 10.3. The Morgan fingerprint density at radius 2 is 1.97 bits per heavy atom. The van der Waals surface area contributed by atoms with Crippen molar-refractivity contribution >= 4 is 17.5 Å². The van der Waals surface area contributed by atoms with Gasteiger partial charge in [0.2, 0.25) is 0 Å². The van der Waals surface area contributed by atoms with Gasteiger partial charge in [-0.25, -0.2) is 0 Å². The Balaban J connectivity index is 1.49. The van der Waals surface area contributed by atoms with Crippen LogP contribution < -0.4 is 10.1 Å². The van der Waals surface area contributed by atoms with E-state index < -0.39 is 0 Å². The number of amides is 1. The van der Waals surface area contributed by atoms with E-state index in [1.165, 1.54) is 0 Å². The van der Waals surface area contributed by atoms with Crippen molar-refractivity contribution < 1.29 is 14.6 Å². The summed E-state index contributed by atoms with van der Waals surface area (Å²) in [5, 5.41) is 13.3. The number of hydrogen-bond donors (Lipinski definition) is 2. The maximum atomic E-state index is 12.2. The molecule has 0 radical (unpaired) electrons. The van der Waals surface area contributed by atoms with Crippen molar-refractivity contribution in [3.63, 3.8) is 0 Å². The predicted octanol–water partition coefficient (Wildman–Crippen LogP) is 3.38. The number of rotatable bonds is 8. The number of likely N-dealkylation sites (N-methyl/N-ethyl adjacent to an activating group) is 1. The van der Waals surface area contributed by atoms with E-state index in [-0.39, 0.29) is 12.0 Å². The van der Waals surface area contributed by atoms with E-state index in [2.05, 4.69) is 10.2 Å². The molecule has 7 heteroatoms. The number of nitrogens with one attached hydrogen (secondary N) is 1. The SMILES string of the molecule is CN(C)CCNC(=O)c1ccc(OC2CCN(Cc3ccccc3O)CC2)c(Cl)c1. The Morgan fingerprint density at radius 3 is 2.63 bits per heavy atom. The molecule has 1 heterocycles. The summed E-state index contributed by atoms with van der Waals surface area (Å²) in [7, 11) is 3.93. The molecule has 0 aromatic heterocycles. The van der Waals surface area contributed by atoms with Gasteiger partial charge in [0.05, 0.1) is 5.02 Å². The van der Waals surface area contributed by atoms with Crippen molar-refractivity contribution in [1.82, 2.24) is 15.1 Å². The van der Waals surface area contributed by atoms with Crippen molar-refractivity contribution in [3.8, 4) is 11.5 Å². The molecule has 0 aliphatic carbocycles. The minimum absolute atomic E-state index is 0.0860. The Morgan fingerprint density at radius 1 is 1.23 bits per heavy atom. The zero-order chi connectivity index (χ0) is 21.5. The van der Waals surface area contributed by atoms with Crippen LogP contribution in [0.3, 0.4) is 0 Å². The van der Waals surface area contributed by atoms with E-state index in [9.17, 15) is 9.90 Å². The van der Waals surface area contributed by atoms with Crippen molar-refractivity contribution in [3.05, 3.63) is 58.6 Å². The van der Waals surface area contributed by atoms with Crippen molar-refractivity contribution in [1.29, 1.82) is 0 Å². The van der Waals surface area contributed by atoms with Crippen LogP contribution in [0.1, 0.15) is 28.8 Å². The summed E-state index contributed by atoms with van der Waals surface area (Å²) in [5.74, 6) is 0.817. The van der Waals surface area contributed by atoms with Gasteiger partial charge in [0.15, 0.2) is 0 Å². The highest BCUT2D eigenvalue weighted by Crippen LogP contribution is 2.29. The third-order valence-electron chi connectivity index (χ3n) is 5.25. The number of nitrogens with zero attached hydrogens (tertiary/aromatic N) is 2. The molecule has 0 bridgehead atoms. The fourth-order valence-electron chi connectivity index (χ4n) is 3.48. The Bertz CT molecular complexity index is 851. The van der Waals surface area contributed by atoms with E-state index in [4.69, 9.17) is 16.3 Å². The zero-order valence-electron chi connectivity index (χ0n) is 17.6. The number of carbonyl (C=O) groups excluding carboxylic acids is 1. The lowest BCUT2D eigenvalue weighted by molar-refractivity contribution is 0.0948. The predicted molar refractivity (Wildman–Crippen MR) is 119 cm³/mol. The van der Waals surface area contributed by atoms with Gasteiger partial charge in [0.1, 0.15) is 17.6 Å². The number of para-hydroxylation sites is 1. The maximum absolute atomic E-state index is 12.2. The van der Waals surface area contributed by atoms with E-state index in [0.29, 0.717) is 28.6 Å². The number of piperidine rings is 1. The number of phenols is 1. The van der Waals surface area contributed by atoms with Gasteiger partial charge in [-0.2, -0.15) is 0 Å². The van der Waals surface area contributed by atoms with E-state index in [0.717, 1.165) is 44.6 Å². The maximum Gasteiger partial charge on any atom is 0.251 e. The highest BCUT2D eigenvalue weighted by Gasteiger charge is 2.22. The third kappa shape index (κ3) is 6.36. The topological polar surface area (TPSA) is 65.0 Å². The number of phenolic OH excluding ortho intramolecular Hbond substituents is 1. The molecule has 1 saturated heterocycles. The number of halogens is 1. The monoisotopic (exact) mass is 431 g/mol. The molecule has 0 saturated carbocycles. The van der Waals surface area contributed by atoms with Crippen LogP contribution in [-0.4, -0.2) is 67.2 Å². The number of carbonyl (C=O) groups is 1. The van der Waals surface area contributed by atoms with E-state index in [1.807, 2.05) is 37.2 Å². The fraction of sp³-hybridized carbons (Fsp3) is 0.435. The third-order valence-corrected chi connectivity index (χ3v) is 5.55. The molecule has 30 heavy (non-hydrogen) atoms. The summed E-state index contributed by atoms with van der Waals surface area (Å²) in [6, 6.07) is 12.6. The summed E-state index contributed by atoms with van der Waals surface area (Å²) < 4.78 is 6.11. The van der Waals surface area contributed by atoms with E-state index >= 15 is 0 Å². The second kappa shape index (κ2) is 10.7. The molecule has 162 valence electrons. The first kappa shape index (κ1) is 22.4. The number of aromatic hydroxyl groups is 1. The van der Waals surface area contributed by atoms with Crippen LogP contribution in [0, 0.1) is 0 Å². The first-order valence-corrected chi connectivity index (χ1v) is 10.7. The van der Waals surface area contributed by atoms with Crippen molar-refractivity contribution in [2.45, 2.75) is 25.5 Å². The second-order valence-corrected chi connectivity index (χ2v) is 8.33. The van der Waals surface area contributed by atoms with Crippen LogP contribution in [0.5, 0.6) is 11.5 Å². The molecule has 2 aromatic rings. The van der Waals surface area contributed by atoms with Gasteiger partial charge in [-0.1, -0.05) is 29.8 Å². The summed E-state index contributed by atoms with van der Waals surface area (Å²) in [4.78, 5) is 16.6. The molecule has 0 unspecified atom stereocenters. The summed E-state index contributed by atoms with van der Waals surface area (Å²) in [5.41, 5.74) is 1.47. The van der Waals surface area contributed by atoms with Crippen LogP contribution in [-0.2, 0) is 6.54 Å². The number of likely N-dealkylation sites (tertiary alicyclic amines) is 1. The van der Waals surface area contributed by atoms with Gasteiger partial charge in [0, 0.05) is 43.9 Å². The van der Waals surface area contributed by atoms with Gasteiger partial charge >= 0.3 is 0 Å². The normalized spacial score (nSPS) is 15.3. The van der Waals surface area contributed by atoms with E-state index in [1.54, 1.807) is 24.3 Å². The van der Waals surface area contributed by atoms with Gasteiger partial charge in [0.25, 0.3) is 5.91 Å². The molecule has 2 aromatic carbocycles. The number of hydrogen-bond acceptors (Lipinski definition) is 5. The lowest BCUT2D eigenvalue weighted by Crippen LogP contribution is -2.37. The lowest BCUT2D eigenvalue weighted by atomic mass is 10.1. The Hall–Kier alpha value is -2.28. The number of benzene rings is 2. The Labute approximate surface area is 183 Å². The molecule has 1 amide bonds. The standard InChI is InChI=1S/C23H30ClN3O3/c1-26(2)14-11-25-23(29)17-7-8-22(20(24)15-17)30-19-9-12-27(13-10-19)16-18-5-3-4-6-21(18)28/h3-8,15,19,28H,9-14,16H2,1-2H3,(H,25,29). The van der Waals surface area contributed by atoms with Crippen molar-refractivity contribution in [2.75, 3.05) is 40.3 Å². The highest BCUT2D eigenvalue weighted by atomic mass is 35.5. The summed E-state index contributed by atoms with van der Waals surface area (Å²) in [6.45, 7) is 3.88. The number of ether oxygens (including phenoxy) is 1. The molecule has 1 aliphatic rings. The average Bonchev–Trinajstić information content (AvgIpc) is 2.72. The van der Waals surface area contributed by atoms with Gasteiger partial charge in [-0.15, -0.1) is 0 Å². The Kier molecular flexibility index (Phi) is 7.96. The molecule has 2 N–H and O–H groups in total. The fourth-order valence-corrected chi connectivity index (χ4v) is 3.71. The second-order valence-electron chi connectivity index (χ2n) is 7.93. The minimum Gasteiger partial charge on any atom is -0.508 e. The molecule has 6 nitrogen and oxygen atoms in total. The van der Waals surface area contributed by atoms with Gasteiger partial charge in [-0.3, -0.25) is 9.69 Å². The quantitative estimate of drug-likeness (QED) is 0.670. The zero-order valence-corrected chi connectivity index (χ0v) is 18.4. The smallest absolute Gasteiger partial charge is 0.251 e. The molecule has 0 atom stereocenters. The first-order chi connectivity index (χ1) is 14.4. The molecule has 0 spiro atoms. The molecule has 1 aliphatic heterocycles. The van der Waals surface area contributed by atoms with Gasteiger partial charge in [-0.05, 0) is 51.2 Å². The lowest BCUT2D eigenvalue weighted by Gasteiger charge is -2.32. The minimum atomic E-state index is -0.136.